The average molecular weight is 398 g/mol. The Kier molecular flexibility index (Phi) is 4.19. The molecule has 1 aliphatic carbocycles. The second-order valence-corrected chi connectivity index (χ2v) is 9.04. The normalized spacial score (nSPS) is 23.9. The average Bonchev–Trinajstić information content (AvgIpc) is 3.38. The molecule has 146 valence electrons. The highest BCUT2D eigenvalue weighted by molar-refractivity contribution is 7.15. The lowest BCUT2D eigenvalue weighted by atomic mass is 10.0. The van der Waals surface area contributed by atoms with Crippen molar-refractivity contribution < 1.29 is 4.79 Å². The molecule has 3 N–H and O–H groups in total. The molecular weight excluding hydrogens is 374 g/mol. The van der Waals surface area contributed by atoms with Gasteiger partial charge in [0.2, 0.25) is 0 Å². The number of aromatic amines is 1. The minimum absolute atomic E-state index is 0.0336. The van der Waals surface area contributed by atoms with Crippen molar-refractivity contribution in [3.63, 3.8) is 0 Å². The molecule has 5 rings (SSSR count). The lowest BCUT2D eigenvalue weighted by Crippen LogP contribution is -2.34. The molecule has 8 nitrogen and oxygen atoms in total. The Hall–Kier alpha value is -2.68. The summed E-state index contributed by atoms with van der Waals surface area (Å²) in [6, 6.07) is 2.36. The summed E-state index contributed by atoms with van der Waals surface area (Å²) >= 11 is 1.51. The number of H-pyrrole nitrogens is 1. The molecule has 2 amide bonds. The number of fused-ring (bicyclic) bond motifs is 2. The van der Waals surface area contributed by atoms with Crippen molar-refractivity contribution in [3.05, 3.63) is 29.2 Å². The molecule has 3 atom stereocenters. The summed E-state index contributed by atoms with van der Waals surface area (Å²) in [5.41, 5.74) is 0.869. The highest BCUT2D eigenvalue weighted by Crippen LogP contribution is 2.39. The summed E-state index contributed by atoms with van der Waals surface area (Å²) in [6.45, 7) is 5.51. The topological polar surface area (TPSA) is 98.8 Å². The lowest BCUT2D eigenvalue weighted by Gasteiger charge is -2.20. The fourth-order valence-corrected chi connectivity index (χ4v) is 5.18. The zero-order valence-electron chi connectivity index (χ0n) is 15.9. The molecule has 28 heavy (non-hydrogen) atoms. The molecule has 0 spiro atoms. The first-order valence-electron chi connectivity index (χ1n) is 9.62. The molecule has 1 aliphatic heterocycles. The predicted molar refractivity (Wildman–Crippen MR) is 110 cm³/mol. The van der Waals surface area contributed by atoms with Crippen LogP contribution in [0.2, 0.25) is 0 Å². The third kappa shape index (κ3) is 3.19. The monoisotopic (exact) mass is 397 g/mol. The minimum Gasteiger partial charge on any atom is -0.367 e. The zero-order valence-corrected chi connectivity index (χ0v) is 16.7. The number of urea groups is 1. The van der Waals surface area contributed by atoms with E-state index < -0.39 is 0 Å². The van der Waals surface area contributed by atoms with Gasteiger partial charge in [0.15, 0.2) is 5.13 Å². The standard InChI is InChI=1S/C19H23N7OS/c1-10-7-21-18(28-10)25-19(27)26-8-12-5-14(6-13(12)9-26)24-17-15-3-4-20-16(15)22-11(2)23-17/h3-4,7,12-14H,5-6,8-9H2,1-2H3,(H,21,25,27)(H2,20,22,23,24)/t12-,13+,14?. The van der Waals surface area contributed by atoms with E-state index in [1.165, 1.54) is 11.3 Å². The van der Waals surface area contributed by atoms with Crippen LogP contribution in [0, 0.1) is 25.7 Å². The minimum atomic E-state index is -0.0336. The molecular formula is C19H23N7OS. The number of thiazole rings is 1. The van der Waals surface area contributed by atoms with Crippen LogP contribution in [0.4, 0.5) is 15.7 Å². The maximum atomic E-state index is 12.5. The Morgan fingerprint density at radius 3 is 2.75 bits per heavy atom. The van der Waals surface area contributed by atoms with Gasteiger partial charge in [-0.2, -0.15) is 0 Å². The largest absolute Gasteiger partial charge is 0.367 e. The van der Waals surface area contributed by atoms with Crippen LogP contribution in [0.3, 0.4) is 0 Å². The van der Waals surface area contributed by atoms with E-state index in [1.54, 1.807) is 6.20 Å². The maximum Gasteiger partial charge on any atom is 0.323 e. The fourth-order valence-electron chi connectivity index (χ4n) is 4.52. The maximum absolute atomic E-state index is 12.5. The molecule has 2 aliphatic rings. The van der Waals surface area contributed by atoms with E-state index in [9.17, 15) is 4.79 Å². The van der Waals surface area contributed by atoms with Gasteiger partial charge in [0.1, 0.15) is 17.3 Å². The van der Waals surface area contributed by atoms with Gasteiger partial charge in [-0.15, -0.1) is 11.3 Å². The first-order valence-corrected chi connectivity index (χ1v) is 10.4. The first-order chi connectivity index (χ1) is 13.5. The number of aromatic nitrogens is 4. The number of likely N-dealkylation sites (tertiary alicyclic amines) is 1. The summed E-state index contributed by atoms with van der Waals surface area (Å²) in [5.74, 6) is 2.73. The van der Waals surface area contributed by atoms with Crippen molar-refractivity contribution in [1.82, 2.24) is 24.8 Å². The molecule has 3 aromatic rings. The van der Waals surface area contributed by atoms with E-state index in [1.807, 2.05) is 31.0 Å². The van der Waals surface area contributed by atoms with E-state index in [0.29, 0.717) is 23.0 Å². The number of rotatable bonds is 3. The van der Waals surface area contributed by atoms with Crippen molar-refractivity contribution in [3.8, 4) is 0 Å². The van der Waals surface area contributed by atoms with Crippen LogP contribution in [0.25, 0.3) is 11.0 Å². The molecule has 0 aromatic carbocycles. The van der Waals surface area contributed by atoms with Crippen LogP contribution < -0.4 is 10.6 Å². The van der Waals surface area contributed by atoms with Crippen molar-refractivity contribution in [2.75, 3.05) is 23.7 Å². The highest BCUT2D eigenvalue weighted by Gasteiger charge is 2.42. The van der Waals surface area contributed by atoms with Gasteiger partial charge in [-0.25, -0.2) is 19.7 Å². The number of nitrogens with one attached hydrogen (secondary N) is 3. The van der Waals surface area contributed by atoms with E-state index in [0.717, 1.165) is 53.5 Å². The Morgan fingerprint density at radius 2 is 2.04 bits per heavy atom. The summed E-state index contributed by atoms with van der Waals surface area (Å²) in [4.78, 5) is 32.0. The van der Waals surface area contributed by atoms with Gasteiger partial charge in [0, 0.05) is 36.4 Å². The third-order valence-corrected chi connectivity index (χ3v) is 6.57. The van der Waals surface area contributed by atoms with Crippen LogP contribution >= 0.6 is 11.3 Å². The van der Waals surface area contributed by atoms with Gasteiger partial charge >= 0.3 is 6.03 Å². The van der Waals surface area contributed by atoms with Crippen LogP contribution in [0.15, 0.2) is 18.5 Å². The number of hydrogen-bond acceptors (Lipinski definition) is 6. The number of nitrogens with zero attached hydrogens (tertiary/aromatic N) is 4. The summed E-state index contributed by atoms with van der Waals surface area (Å²) in [5, 5.41) is 8.26. The Balaban J connectivity index is 1.21. The molecule has 2 fully saturated rings. The number of hydrogen-bond donors (Lipinski definition) is 3. The summed E-state index contributed by atoms with van der Waals surface area (Å²) in [7, 11) is 0. The molecule has 1 saturated carbocycles. The van der Waals surface area contributed by atoms with Crippen LogP contribution in [0.1, 0.15) is 23.5 Å². The zero-order chi connectivity index (χ0) is 19.3. The number of anilines is 2. The number of amides is 2. The SMILES string of the molecule is Cc1nc(NC2C[C@@H]3CN(C(=O)Nc4ncc(C)s4)C[C@@H]3C2)c2cc[nH]c2n1. The Labute approximate surface area is 166 Å². The van der Waals surface area contributed by atoms with Gasteiger partial charge in [-0.3, -0.25) is 5.32 Å². The number of carbonyl (C=O) groups is 1. The number of carbonyl (C=O) groups excluding carboxylic acids is 1. The molecule has 3 aromatic heterocycles. The first kappa shape index (κ1) is 17.4. The van der Waals surface area contributed by atoms with E-state index in [4.69, 9.17) is 0 Å². The van der Waals surface area contributed by atoms with Gasteiger partial charge in [0.25, 0.3) is 0 Å². The molecule has 0 bridgehead atoms. The Bertz CT molecular complexity index is 1010. The predicted octanol–water partition coefficient (Wildman–Crippen LogP) is 3.39. The second-order valence-electron chi connectivity index (χ2n) is 7.80. The quantitative estimate of drug-likeness (QED) is 0.629. The van der Waals surface area contributed by atoms with E-state index in [2.05, 4.69) is 30.6 Å². The van der Waals surface area contributed by atoms with Crippen molar-refractivity contribution >= 4 is 39.4 Å². The van der Waals surface area contributed by atoms with Crippen molar-refractivity contribution in [2.24, 2.45) is 11.8 Å². The molecule has 1 unspecified atom stereocenters. The second kappa shape index (κ2) is 6.73. The fraction of sp³-hybridized carbons (Fsp3) is 0.474. The molecule has 1 saturated heterocycles. The summed E-state index contributed by atoms with van der Waals surface area (Å²) in [6.07, 6.45) is 5.79. The smallest absolute Gasteiger partial charge is 0.323 e. The van der Waals surface area contributed by atoms with Crippen molar-refractivity contribution in [2.45, 2.75) is 32.7 Å². The van der Waals surface area contributed by atoms with Crippen LogP contribution in [-0.2, 0) is 0 Å². The molecule has 9 heteroatoms. The van der Waals surface area contributed by atoms with E-state index in [-0.39, 0.29) is 6.03 Å². The third-order valence-electron chi connectivity index (χ3n) is 5.74. The van der Waals surface area contributed by atoms with Gasteiger partial charge in [0.05, 0.1) is 5.39 Å². The lowest BCUT2D eigenvalue weighted by molar-refractivity contribution is 0.218. The van der Waals surface area contributed by atoms with Gasteiger partial charge < -0.3 is 15.2 Å². The van der Waals surface area contributed by atoms with E-state index >= 15 is 0 Å². The van der Waals surface area contributed by atoms with Gasteiger partial charge in [-0.1, -0.05) is 0 Å². The Morgan fingerprint density at radius 1 is 1.25 bits per heavy atom. The molecule has 4 heterocycles. The van der Waals surface area contributed by atoms with Crippen molar-refractivity contribution in [1.29, 1.82) is 0 Å². The highest BCUT2D eigenvalue weighted by atomic mass is 32.1. The molecule has 0 radical (unpaired) electrons. The van der Waals surface area contributed by atoms with Gasteiger partial charge in [-0.05, 0) is 44.6 Å². The van der Waals surface area contributed by atoms with Crippen LogP contribution in [0.5, 0.6) is 0 Å². The number of aryl methyl sites for hydroxylation is 2. The van der Waals surface area contributed by atoms with Crippen LogP contribution in [-0.4, -0.2) is 50.0 Å². The summed E-state index contributed by atoms with van der Waals surface area (Å²) < 4.78 is 0.